The van der Waals surface area contributed by atoms with Crippen molar-refractivity contribution in [1.82, 2.24) is 15.0 Å². The third-order valence-corrected chi connectivity index (χ3v) is 1.98. The van der Waals surface area contributed by atoms with Gasteiger partial charge in [-0.15, -0.1) is 5.10 Å². The minimum atomic E-state index is -0.427. The minimum absolute atomic E-state index is 0.0398. The van der Waals surface area contributed by atoms with Crippen LogP contribution in [0, 0.1) is 10.1 Å². The van der Waals surface area contributed by atoms with Gasteiger partial charge in [0.25, 0.3) is 5.69 Å². The number of rotatable bonds is 2. The molecule has 0 N–H and O–H groups in total. The number of hydrogen-bond acceptors (Lipinski definition) is 4. The summed E-state index contributed by atoms with van der Waals surface area (Å²) in [5.74, 6) is 0. The van der Waals surface area contributed by atoms with E-state index in [1.807, 2.05) is 0 Å². The number of nitro benzene ring substituents is 1. The van der Waals surface area contributed by atoms with E-state index in [1.54, 1.807) is 31.4 Å². The molecular formula is C9H8N4O2. The SMILES string of the molecule is Cn1cc(-c2ccccc2[N+](=O)[O-])nn1. The fourth-order valence-corrected chi connectivity index (χ4v) is 1.32. The van der Waals surface area contributed by atoms with Gasteiger partial charge in [-0.25, -0.2) is 0 Å². The summed E-state index contributed by atoms with van der Waals surface area (Å²) in [5, 5.41) is 18.3. The standard InChI is InChI=1S/C9H8N4O2/c1-12-6-8(10-11-12)7-4-2-3-5-9(7)13(14)15/h2-6H,1H3. The van der Waals surface area contributed by atoms with Crippen molar-refractivity contribution >= 4 is 5.69 Å². The normalized spacial score (nSPS) is 10.2. The topological polar surface area (TPSA) is 73.8 Å². The quantitative estimate of drug-likeness (QED) is 0.547. The molecule has 1 aromatic carbocycles. The Morgan fingerprint density at radius 1 is 1.40 bits per heavy atom. The fraction of sp³-hybridized carbons (Fsp3) is 0.111. The lowest BCUT2D eigenvalue weighted by Crippen LogP contribution is -1.91. The van der Waals surface area contributed by atoms with Gasteiger partial charge >= 0.3 is 0 Å². The van der Waals surface area contributed by atoms with Crippen molar-refractivity contribution in [3.05, 3.63) is 40.6 Å². The van der Waals surface area contributed by atoms with Gasteiger partial charge in [-0.3, -0.25) is 14.8 Å². The number of nitro groups is 1. The van der Waals surface area contributed by atoms with Crippen LogP contribution >= 0.6 is 0 Å². The van der Waals surface area contributed by atoms with Crippen molar-refractivity contribution in [3.8, 4) is 11.3 Å². The van der Waals surface area contributed by atoms with Crippen LogP contribution < -0.4 is 0 Å². The van der Waals surface area contributed by atoms with Crippen molar-refractivity contribution in [2.24, 2.45) is 7.05 Å². The van der Waals surface area contributed by atoms with Crippen LogP contribution in [0.1, 0.15) is 0 Å². The maximum absolute atomic E-state index is 10.8. The molecule has 0 bridgehead atoms. The summed E-state index contributed by atoms with van der Waals surface area (Å²) in [5.41, 5.74) is 1.03. The van der Waals surface area contributed by atoms with Crippen molar-refractivity contribution in [2.45, 2.75) is 0 Å². The predicted molar refractivity (Wildman–Crippen MR) is 53.1 cm³/mol. The lowest BCUT2D eigenvalue weighted by molar-refractivity contribution is -0.384. The second kappa shape index (κ2) is 3.49. The Hall–Kier alpha value is -2.24. The Morgan fingerprint density at radius 3 is 2.73 bits per heavy atom. The summed E-state index contributed by atoms with van der Waals surface area (Å²) >= 11 is 0. The maximum atomic E-state index is 10.8. The molecule has 1 heterocycles. The van der Waals surface area contributed by atoms with Gasteiger partial charge < -0.3 is 0 Å². The van der Waals surface area contributed by atoms with Gasteiger partial charge in [-0.1, -0.05) is 17.3 Å². The molecule has 2 aromatic rings. The Morgan fingerprint density at radius 2 is 2.13 bits per heavy atom. The van der Waals surface area contributed by atoms with Gasteiger partial charge in [0, 0.05) is 13.1 Å². The molecule has 0 fully saturated rings. The molecule has 6 nitrogen and oxygen atoms in total. The largest absolute Gasteiger partial charge is 0.278 e. The molecule has 15 heavy (non-hydrogen) atoms. The smallest absolute Gasteiger partial charge is 0.258 e. The van der Waals surface area contributed by atoms with Crippen molar-refractivity contribution in [3.63, 3.8) is 0 Å². The molecule has 0 aliphatic heterocycles. The summed E-state index contributed by atoms with van der Waals surface area (Å²) in [6.45, 7) is 0. The van der Waals surface area contributed by atoms with Gasteiger partial charge in [0.2, 0.25) is 0 Å². The molecule has 0 unspecified atom stereocenters. The highest BCUT2D eigenvalue weighted by molar-refractivity contribution is 5.69. The summed E-state index contributed by atoms with van der Waals surface area (Å²) in [6.07, 6.45) is 1.64. The molecule has 76 valence electrons. The van der Waals surface area contributed by atoms with Crippen LogP contribution in [0.3, 0.4) is 0 Å². The Kier molecular flexibility index (Phi) is 2.17. The van der Waals surface area contributed by atoms with E-state index in [0.29, 0.717) is 11.3 Å². The van der Waals surface area contributed by atoms with Gasteiger partial charge in [-0.05, 0) is 6.07 Å². The second-order valence-corrected chi connectivity index (χ2v) is 3.05. The lowest BCUT2D eigenvalue weighted by Gasteiger charge is -1.97. The van der Waals surface area contributed by atoms with E-state index in [0.717, 1.165) is 0 Å². The zero-order chi connectivity index (χ0) is 10.8. The van der Waals surface area contributed by atoms with E-state index in [4.69, 9.17) is 0 Å². The molecule has 0 aliphatic rings. The van der Waals surface area contributed by atoms with Crippen LogP contribution in [0.2, 0.25) is 0 Å². The lowest BCUT2D eigenvalue weighted by atomic mass is 10.1. The van der Waals surface area contributed by atoms with E-state index in [2.05, 4.69) is 10.3 Å². The number of aryl methyl sites for hydroxylation is 1. The molecule has 6 heteroatoms. The molecule has 0 aliphatic carbocycles. The first kappa shape index (κ1) is 9.32. The van der Waals surface area contributed by atoms with Gasteiger partial charge in [-0.2, -0.15) is 0 Å². The Balaban J connectivity index is 2.57. The highest BCUT2D eigenvalue weighted by atomic mass is 16.6. The van der Waals surface area contributed by atoms with Crippen molar-refractivity contribution < 1.29 is 4.92 Å². The number of nitrogens with zero attached hydrogens (tertiary/aromatic N) is 4. The van der Waals surface area contributed by atoms with Gasteiger partial charge in [0.05, 0.1) is 16.7 Å². The van der Waals surface area contributed by atoms with E-state index < -0.39 is 4.92 Å². The maximum Gasteiger partial charge on any atom is 0.278 e. The summed E-state index contributed by atoms with van der Waals surface area (Å²) in [7, 11) is 1.71. The molecule has 0 spiro atoms. The third kappa shape index (κ3) is 1.69. The van der Waals surface area contributed by atoms with E-state index in [-0.39, 0.29) is 5.69 Å². The van der Waals surface area contributed by atoms with Crippen molar-refractivity contribution in [1.29, 1.82) is 0 Å². The number of para-hydroxylation sites is 1. The molecule has 0 saturated carbocycles. The Bertz CT molecular complexity index is 506. The number of benzene rings is 1. The molecule has 1 aromatic heterocycles. The fourth-order valence-electron chi connectivity index (χ4n) is 1.32. The highest BCUT2D eigenvalue weighted by Crippen LogP contribution is 2.27. The van der Waals surface area contributed by atoms with Crippen LogP contribution in [0.4, 0.5) is 5.69 Å². The molecule has 2 rings (SSSR count). The average Bonchev–Trinajstić information content (AvgIpc) is 2.65. The third-order valence-electron chi connectivity index (χ3n) is 1.98. The molecule has 0 atom stereocenters. The minimum Gasteiger partial charge on any atom is -0.258 e. The summed E-state index contributed by atoms with van der Waals surface area (Å²) in [4.78, 5) is 10.3. The molecule has 0 amide bonds. The molecule has 0 saturated heterocycles. The first-order chi connectivity index (χ1) is 7.18. The first-order valence-electron chi connectivity index (χ1n) is 4.28. The van der Waals surface area contributed by atoms with Crippen LogP contribution in [0.25, 0.3) is 11.3 Å². The Labute approximate surface area is 85.3 Å². The highest BCUT2D eigenvalue weighted by Gasteiger charge is 2.15. The first-order valence-corrected chi connectivity index (χ1v) is 4.28. The zero-order valence-electron chi connectivity index (χ0n) is 7.99. The van der Waals surface area contributed by atoms with Gasteiger partial charge in [0.1, 0.15) is 5.69 Å². The van der Waals surface area contributed by atoms with E-state index >= 15 is 0 Å². The average molecular weight is 204 g/mol. The summed E-state index contributed by atoms with van der Waals surface area (Å²) in [6, 6.07) is 6.46. The van der Waals surface area contributed by atoms with Crippen molar-refractivity contribution in [2.75, 3.05) is 0 Å². The second-order valence-electron chi connectivity index (χ2n) is 3.05. The van der Waals surface area contributed by atoms with Gasteiger partial charge in [0.15, 0.2) is 0 Å². The molecular weight excluding hydrogens is 196 g/mol. The number of hydrogen-bond donors (Lipinski definition) is 0. The van der Waals surface area contributed by atoms with Crippen LogP contribution in [-0.4, -0.2) is 19.9 Å². The predicted octanol–water partition coefficient (Wildman–Crippen LogP) is 1.39. The zero-order valence-corrected chi connectivity index (χ0v) is 7.99. The molecule has 0 radical (unpaired) electrons. The van der Waals surface area contributed by atoms with Crippen LogP contribution in [0.5, 0.6) is 0 Å². The van der Waals surface area contributed by atoms with Crippen LogP contribution in [-0.2, 0) is 7.05 Å². The van der Waals surface area contributed by atoms with Crippen LogP contribution in [0.15, 0.2) is 30.5 Å². The van der Waals surface area contributed by atoms with E-state index in [1.165, 1.54) is 10.7 Å². The number of aromatic nitrogens is 3. The van der Waals surface area contributed by atoms with E-state index in [9.17, 15) is 10.1 Å². The monoisotopic (exact) mass is 204 g/mol. The summed E-state index contributed by atoms with van der Waals surface area (Å²) < 4.78 is 1.51.